The molecule has 2 heteroatoms. The molecular weight excluding hydrogens is 316 g/mol. The maximum atomic E-state index is 8.73. The molecule has 4 aromatic rings. The summed E-state index contributed by atoms with van der Waals surface area (Å²) >= 11 is 0. The number of aromatic nitrogens is 2. The Morgan fingerprint density at radius 1 is 0.846 bits per heavy atom. The monoisotopic (exact) mass is 350 g/mol. The van der Waals surface area contributed by atoms with Crippen LogP contribution in [-0.2, 0) is 0 Å². The van der Waals surface area contributed by atoms with Gasteiger partial charge < -0.3 is 0 Å². The van der Waals surface area contributed by atoms with E-state index < -0.39 is 60.4 Å². The van der Waals surface area contributed by atoms with Crippen LogP contribution < -0.4 is 0 Å². The molecule has 0 unspecified atom stereocenters. The zero-order valence-electron chi connectivity index (χ0n) is 26.2. The van der Waals surface area contributed by atoms with E-state index in [-0.39, 0.29) is 46.2 Å². The summed E-state index contributed by atoms with van der Waals surface area (Å²) < 4.78 is 101. The van der Waals surface area contributed by atoms with Crippen LogP contribution in [-0.4, -0.2) is 9.55 Å². The van der Waals surface area contributed by atoms with E-state index in [9.17, 15) is 0 Å². The molecule has 4 rings (SSSR count). The molecule has 0 amide bonds. The Bertz CT molecular complexity index is 1570. The number of imidazole rings is 1. The lowest BCUT2D eigenvalue weighted by Crippen LogP contribution is -2.05. The first kappa shape index (κ1) is 7.63. The van der Waals surface area contributed by atoms with E-state index in [1.54, 1.807) is 13.8 Å². The first-order valence-electron chi connectivity index (χ1n) is 14.0. The summed E-state index contributed by atoms with van der Waals surface area (Å²) in [6, 6.07) is -4.69. The van der Waals surface area contributed by atoms with Gasteiger partial charge in [-0.25, -0.2) is 4.98 Å². The summed E-state index contributed by atoms with van der Waals surface area (Å²) in [5.74, 6) is -0.431. The molecule has 0 aliphatic rings. The van der Waals surface area contributed by atoms with Crippen molar-refractivity contribution in [1.82, 2.24) is 9.55 Å². The van der Waals surface area contributed by atoms with Gasteiger partial charge in [0.25, 0.3) is 0 Å². The van der Waals surface area contributed by atoms with Gasteiger partial charge in [-0.05, 0) is 17.0 Å². The molecule has 0 radical (unpaired) electrons. The maximum absolute atomic E-state index is 8.73. The molecule has 3 aromatic carbocycles. The lowest BCUT2D eigenvalue weighted by atomic mass is 9.94. The third kappa shape index (κ3) is 2.95. The SMILES string of the molecule is [2H]c1cc([2H])c(C(C)C)c(-n2ccnc2-c2c([2H])c([2H])c([2H])c([2H])c2[2H])c1-c1c([2H])c([2H])c([2H])c([2H])c1[2H]. The van der Waals surface area contributed by atoms with Crippen molar-refractivity contribution in [3.8, 4) is 28.2 Å². The molecule has 0 bridgehead atoms. The zero-order chi connectivity index (χ0) is 28.4. The molecule has 26 heavy (non-hydrogen) atoms. The summed E-state index contributed by atoms with van der Waals surface area (Å²) in [7, 11) is 0. The Morgan fingerprint density at radius 2 is 1.50 bits per heavy atom. The van der Waals surface area contributed by atoms with Crippen LogP contribution in [0.4, 0.5) is 0 Å². The number of para-hydroxylation sites is 1. The van der Waals surface area contributed by atoms with Crippen molar-refractivity contribution in [3.05, 3.63) is 96.5 Å². The predicted octanol–water partition coefficient (Wildman–Crippen LogP) is 6.33. The molecular formula is C24H22N2. The molecule has 0 aliphatic carbocycles. The van der Waals surface area contributed by atoms with Crippen LogP contribution in [0.3, 0.4) is 0 Å². The number of rotatable bonds is 4. The highest BCUT2D eigenvalue weighted by Crippen LogP contribution is 2.35. The van der Waals surface area contributed by atoms with Crippen molar-refractivity contribution >= 4 is 0 Å². The van der Waals surface area contributed by atoms with Crippen molar-refractivity contribution in [2.24, 2.45) is 0 Å². The van der Waals surface area contributed by atoms with E-state index in [4.69, 9.17) is 16.4 Å². The minimum Gasteiger partial charge on any atom is -0.299 e. The lowest BCUT2D eigenvalue weighted by Gasteiger charge is -2.20. The van der Waals surface area contributed by atoms with Gasteiger partial charge in [0.1, 0.15) is 5.82 Å². The fourth-order valence-electron chi connectivity index (χ4n) is 2.74. The Morgan fingerprint density at radius 3 is 2.15 bits per heavy atom. The van der Waals surface area contributed by atoms with E-state index in [2.05, 4.69) is 4.98 Å². The normalized spacial score (nSPS) is 17.5. The summed E-state index contributed by atoms with van der Waals surface area (Å²) in [5.41, 5.74) is -0.0682. The Balaban J connectivity index is 2.24. The van der Waals surface area contributed by atoms with Crippen molar-refractivity contribution in [1.29, 1.82) is 0 Å². The van der Waals surface area contributed by atoms with Gasteiger partial charge in [0.2, 0.25) is 0 Å². The highest BCUT2D eigenvalue weighted by Gasteiger charge is 2.17. The van der Waals surface area contributed by atoms with Crippen molar-refractivity contribution in [2.45, 2.75) is 19.8 Å². The zero-order valence-corrected chi connectivity index (χ0v) is 14.2. The van der Waals surface area contributed by atoms with Gasteiger partial charge >= 0.3 is 0 Å². The second-order valence-corrected chi connectivity index (χ2v) is 5.85. The van der Waals surface area contributed by atoms with Gasteiger partial charge in [-0.1, -0.05) is 92.4 Å². The fraction of sp³-hybridized carbons (Fsp3) is 0.125. The van der Waals surface area contributed by atoms with Gasteiger partial charge in [0, 0.05) is 23.5 Å². The number of nitrogens with zero attached hydrogens (tertiary/aromatic N) is 2. The van der Waals surface area contributed by atoms with Crippen LogP contribution in [0.15, 0.2) is 91.0 Å². The smallest absolute Gasteiger partial charge is 0.144 e. The molecule has 0 aliphatic heterocycles. The first-order chi connectivity index (χ1) is 17.7. The average Bonchev–Trinajstić information content (AvgIpc) is 3.33. The van der Waals surface area contributed by atoms with E-state index in [1.165, 1.54) is 23.0 Å². The molecule has 0 fully saturated rings. The largest absolute Gasteiger partial charge is 0.299 e. The molecule has 2 nitrogen and oxygen atoms in total. The predicted molar refractivity (Wildman–Crippen MR) is 109 cm³/mol. The molecule has 0 spiro atoms. The number of hydrogen-bond acceptors (Lipinski definition) is 1. The number of hydrogen-bond donors (Lipinski definition) is 0. The van der Waals surface area contributed by atoms with Crippen LogP contribution >= 0.6 is 0 Å². The third-order valence-electron chi connectivity index (χ3n) is 3.87. The molecule has 0 saturated carbocycles. The highest BCUT2D eigenvalue weighted by molar-refractivity contribution is 5.77. The minimum absolute atomic E-state index is 0.0446. The second-order valence-electron chi connectivity index (χ2n) is 5.85. The van der Waals surface area contributed by atoms with Gasteiger partial charge in [0.05, 0.1) is 22.1 Å². The Kier molecular flexibility index (Phi) is 2.06. The molecule has 1 heterocycles. The van der Waals surface area contributed by atoms with E-state index in [1.807, 2.05) is 0 Å². The van der Waals surface area contributed by atoms with E-state index in [0.717, 1.165) is 0 Å². The number of benzene rings is 3. The van der Waals surface area contributed by atoms with Crippen LogP contribution in [0.2, 0.25) is 0 Å². The average molecular weight is 351 g/mol. The van der Waals surface area contributed by atoms with Crippen molar-refractivity contribution in [2.75, 3.05) is 0 Å². The van der Waals surface area contributed by atoms with Crippen molar-refractivity contribution < 1.29 is 16.4 Å². The fourth-order valence-corrected chi connectivity index (χ4v) is 2.74. The van der Waals surface area contributed by atoms with Crippen LogP contribution in [0, 0.1) is 0 Å². The van der Waals surface area contributed by atoms with Gasteiger partial charge in [-0.3, -0.25) is 4.57 Å². The van der Waals surface area contributed by atoms with Crippen molar-refractivity contribution in [3.63, 3.8) is 0 Å². The van der Waals surface area contributed by atoms with Gasteiger partial charge in [0.15, 0.2) is 0 Å². The molecule has 0 saturated heterocycles. The standard InChI is InChI=1S/C24H22N2/c1-18(2)21-14-9-15-22(19-10-5-3-6-11-19)23(21)26-17-16-25-24(26)20-12-7-4-8-13-20/h3-18H,1-2H3/i3D,4D,5D,6D,7D,8D,10D,11D,12D,13D,14D,15D. The topological polar surface area (TPSA) is 17.8 Å². The minimum atomic E-state index is -0.597. The van der Waals surface area contributed by atoms with Crippen LogP contribution in [0.5, 0.6) is 0 Å². The summed E-state index contributed by atoms with van der Waals surface area (Å²) in [6.07, 6.45) is 2.75. The van der Waals surface area contributed by atoms with E-state index >= 15 is 0 Å². The summed E-state index contributed by atoms with van der Waals surface area (Å²) in [4.78, 5) is 4.26. The quantitative estimate of drug-likeness (QED) is 0.420. The molecule has 0 atom stereocenters. The first-order valence-corrected chi connectivity index (χ1v) is 8.04. The molecule has 0 N–H and O–H groups in total. The second kappa shape index (κ2) is 7.01. The van der Waals surface area contributed by atoms with Crippen LogP contribution in [0.25, 0.3) is 28.2 Å². The Hall–Kier alpha value is -3.13. The van der Waals surface area contributed by atoms with Crippen LogP contribution in [0.1, 0.15) is 41.8 Å². The summed E-state index contributed by atoms with van der Waals surface area (Å²) in [6.45, 7) is 3.57. The highest BCUT2D eigenvalue weighted by atomic mass is 15.1. The summed E-state index contributed by atoms with van der Waals surface area (Å²) in [5, 5.41) is 0. The Labute approximate surface area is 171 Å². The van der Waals surface area contributed by atoms with Gasteiger partial charge in [-0.15, -0.1) is 0 Å². The third-order valence-corrected chi connectivity index (χ3v) is 3.87. The van der Waals surface area contributed by atoms with Gasteiger partial charge in [-0.2, -0.15) is 0 Å². The van der Waals surface area contributed by atoms with E-state index in [0.29, 0.717) is 5.56 Å². The molecule has 1 aromatic heterocycles. The lowest BCUT2D eigenvalue weighted by molar-refractivity contribution is 0.848. The molecule has 128 valence electrons. The maximum Gasteiger partial charge on any atom is 0.144 e.